The Balaban J connectivity index is 1.78. The lowest BCUT2D eigenvalue weighted by Gasteiger charge is -2.09. The molecule has 0 spiro atoms. The number of aromatic nitrogens is 4. The summed E-state index contributed by atoms with van der Waals surface area (Å²) in [6, 6.07) is 15.0. The van der Waals surface area contributed by atoms with Crippen LogP contribution < -0.4 is 0 Å². The minimum atomic E-state index is -3.24. The molecule has 0 radical (unpaired) electrons. The molecule has 0 fully saturated rings. The van der Waals surface area contributed by atoms with Gasteiger partial charge in [0, 0.05) is 24.3 Å². The lowest BCUT2D eigenvalue weighted by atomic mass is 10.1. The molecule has 4 rings (SSSR count). The summed E-state index contributed by atoms with van der Waals surface area (Å²) in [5.74, 6) is 0. The molecule has 0 bridgehead atoms. The molecule has 8 heteroatoms. The molecule has 0 atom stereocenters. The standard InChI is InChI=1S/C22H24N4O3S/c1-4-20-19-10-5-16(15-22(19)25(24-20)13-14-29-2)21-11-12-23-26(21)17-6-8-18(9-7-17)30(3,27)28/h5-12,15H,4,13-14H2,1-3H3. The van der Waals surface area contributed by atoms with Crippen LogP contribution in [0.15, 0.2) is 59.6 Å². The van der Waals surface area contributed by atoms with Gasteiger partial charge in [-0.15, -0.1) is 0 Å². The number of ether oxygens (including phenoxy) is 1. The van der Waals surface area contributed by atoms with Gasteiger partial charge in [-0.1, -0.05) is 19.1 Å². The molecule has 2 aromatic heterocycles. The fourth-order valence-electron chi connectivity index (χ4n) is 3.57. The number of hydrogen-bond donors (Lipinski definition) is 0. The second kappa shape index (κ2) is 8.04. The van der Waals surface area contributed by atoms with Crippen molar-refractivity contribution in [3.63, 3.8) is 0 Å². The van der Waals surface area contributed by atoms with E-state index in [1.165, 1.54) is 6.26 Å². The van der Waals surface area contributed by atoms with Crippen molar-refractivity contribution in [2.75, 3.05) is 20.0 Å². The van der Waals surface area contributed by atoms with Crippen molar-refractivity contribution in [3.8, 4) is 16.9 Å². The van der Waals surface area contributed by atoms with Gasteiger partial charge in [0.15, 0.2) is 9.84 Å². The second-order valence-corrected chi connectivity index (χ2v) is 9.16. The molecule has 0 amide bonds. The molecule has 4 aromatic rings. The van der Waals surface area contributed by atoms with Gasteiger partial charge in [0.05, 0.1) is 46.8 Å². The zero-order valence-corrected chi connectivity index (χ0v) is 18.1. The van der Waals surface area contributed by atoms with Crippen molar-refractivity contribution in [2.45, 2.75) is 24.8 Å². The fraction of sp³-hybridized carbons (Fsp3) is 0.273. The Bertz CT molecular complexity index is 1290. The zero-order valence-electron chi connectivity index (χ0n) is 17.2. The van der Waals surface area contributed by atoms with Crippen LogP contribution in [0.25, 0.3) is 27.8 Å². The molecule has 0 unspecified atom stereocenters. The SMILES string of the molecule is CCc1nn(CCOC)c2cc(-c3ccnn3-c3ccc(S(C)(=O)=O)cc3)ccc12. The number of nitrogens with zero attached hydrogens (tertiary/aromatic N) is 4. The maximum Gasteiger partial charge on any atom is 0.175 e. The second-order valence-electron chi connectivity index (χ2n) is 7.14. The first-order chi connectivity index (χ1) is 14.4. The van der Waals surface area contributed by atoms with Gasteiger partial charge < -0.3 is 4.74 Å². The first-order valence-electron chi connectivity index (χ1n) is 9.75. The number of hydrogen-bond acceptors (Lipinski definition) is 5. The summed E-state index contributed by atoms with van der Waals surface area (Å²) in [5, 5.41) is 10.3. The number of fused-ring (bicyclic) bond motifs is 1. The van der Waals surface area contributed by atoms with E-state index in [0.29, 0.717) is 13.2 Å². The van der Waals surface area contributed by atoms with E-state index in [9.17, 15) is 8.42 Å². The lowest BCUT2D eigenvalue weighted by Crippen LogP contribution is -2.06. The van der Waals surface area contributed by atoms with Gasteiger partial charge >= 0.3 is 0 Å². The van der Waals surface area contributed by atoms with Crippen molar-refractivity contribution < 1.29 is 13.2 Å². The molecule has 0 saturated heterocycles. The van der Waals surface area contributed by atoms with Gasteiger partial charge in [-0.25, -0.2) is 13.1 Å². The molecule has 156 valence electrons. The molecule has 0 aliphatic heterocycles. The topological polar surface area (TPSA) is 79.0 Å². The summed E-state index contributed by atoms with van der Waals surface area (Å²) in [6.45, 7) is 3.38. The van der Waals surface area contributed by atoms with Crippen LogP contribution >= 0.6 is 0 Å². The minimum absolute atomic E-state index is 0.288. The third-order valence-corrected chi connectivity index (χ3v) is 6.25. The van der Waals surface area contributed by atoms with E-state index < -0.39 is 9.84 Å². The summed E-state index contributed by atoms with van der Waals surface area (Å²) in [5.41, 5.74) is 4.85. The molecule has 2 heterocycles. The Morgan fingerprint density at radius 2 is 1.83 bits per heavy atom. The Labute approximate surface area is 175 Å². The maximum atomic E-state index is 11.7. The molecular formula is C22H24N4O3S. The molecular weight excluding hydrogens is 400 g/mol. The molecule has 0 N–H and O–H groups in total. The number of benzene rings is 2. The monoisotopic (exact) mass is 424 g/mol. The minimum Gasteiger partial charge on any atom is -0.383 e. The van der Waals surface area contributed by atoms with Crippen LogP contribution in [0.1, 0.15) is 12.6 Å². The van der Waals surface area contributed by atoms with Gasteiger partial charge in [-0.2, -0.15) is 10.2 Å². The zero-order chi connectivity index (χ0) is 21.3. The summed E-state index contributed by atoms with van der Waals surface area (Å²) >= 11 is 0. The van der Waals surface area contributed by atoms with E-state index in [0.717, 1.165) is 40.0 Å². The van der Waals surface area contributed by atoms with Crippen molar-refractivity contribution in [3.05, 3.63) is 60.4 Å². The number of aryl methyl sites for hydroxylation is 1. The number of methoxy groups -OCH3 is 1. The maximum absolute atomic E-state index is 11.7. The van der Waals surface area contributed by atoms with E-state index in [4.69, 9.17) is 9.84 Å². The van der Waals surface area contributed by atoms with E-state index in [2.05, 4.69) is 30.2 Å². The fourth-order valence-corrected chi connectivity index (χ4v) is 4.20. The molecule has 30 heavy (non-hydrogen) atoms. The van der Waals surface area contributed by atoms with Gasteiger partial charge in [-0.3, -0.25) is 4.68 Å². The highest BCUT2D eigenvalue weighted by atomic mass is 32.2. The molecule has 0 aliphatic carbocycles. The Morgan fingerprint density at radius 1 is 1.07 bits per heavy atom. The largest absolute Gasteiger partial charge is 0.383 e. The van der Waals surface area contributed by atoms with Crippen LogP contribution in [-0.2, 0) is 27.5 Å². The van der Waals surface area contributed by atoms with E-state index in [-0.39, 0.29) is 4.90 Å². The van der Waals surface area contributed by atoms with Crippen molar-refractivity contribution in [1.82, 2.24) is 19.6 Å². The molecule has 7 nitrogen and oxygen atoms in total. The summed E-state index contributed by atoms with van der Waals surface area (Å²) in [6.07, 6.45) is 3.80. The third kappa shape index (κ3) is 3.76. The van der Waals surface area contributed by atoms with E-state index >= 15 is 0 Å². The molecule has 2 aromatic carbocycles. The molecule has 0 aliphatic rings. The first-order valence-corrected chi connectivity index (χ1v) is 11.6. The predicted molar refractivity (Wildman–Crippen MR) is 117 cm³/mol. The van der Waals surface area contributed by atoms with Crippen LogP contribution in [0.4, 0.5) is 0 Å². The quantitative estimate of drug-likeness (QED) is 0.454. The lowest BCUT2D eigenvalue weighted by molar-refractivity contribution is 0.184. The average Bonchev–Trinajstić information content (AvgIpc) is 3.36. The first kappa shape index (κ1) is 20.3. The Morgan fingerprint density at radius 3 is 2.50 bits per heavy atom. The van der Waals surface area contributed by atoms with Gasteiger partial charge in [0.2, 0.25) is 0 Å². The van der Waals surface area contributed by atoms with Crippen LogP contribution in [-0.4, -0.2) is 48.0 Å². The van der Waals surface area contributed by atoms with Crippen molar-refractivity contribution >= 4 is 20.7 Å². The Kier molecular flexibility index (Phi) is 5.44. The van der Waals surface area contributed by atoms with Crippen molar-refractivity contribution in [2.24, 2.45) is 0 Å². The Hall–Kier alpha value is -2.97. The normalized spacial score (nSPS) is 12.0. The van der Waals surface area contributed by atoms with Crippen LogP contribution in [0.3, 0.4) is 0 Å². The number of rotatable bonds is 7. The van der Waals surface area contributed by atoms with Crippen LogP contribution in [0, 0.1) is 0 Å². The summed E-state index contributed by atoms with van der Waals surface area (Å²) < 4.78 is 32.5. The van der Waals surface area contributed by atoms with Gasteiger partial charge in [0.25, 0.3) is 0 Å². The smallest absolute Gasteiger partial charge is 0.175 e. The number of sulfone groups is 1. The van der Waals surface area contributed by atoms with Gasteiger partial charge in [0.1, 0.15) is 0 Å². The average molecular weight is 425 g/mol. The third-order valence-electron chi connectivity index (χ3n) is 5.12. The van der Waals surface area contributed by atoms with E-state index in [1.807, 2.05) is 15.4 Å². The highest BCUT2D eigenvalue weighted by molar-refractivity contribution is 7.90. The predicted octanol–water partition coefficient (Wildman–Crippen LogP) is 3.50. The highest BCUT2D eigenvalue weighted by Gasteiger charge is 2.14. The van der Waals surface area contributed by atoms with Crippen molar-refractivity contribution in [1.29, 1.82) is 0 Å². The highest BCUT2D eigenvalue weighted by Crippen LogP contribution is 2.28. The molecule has 0 saturated carbocycles. The van der Waals surface area contributed by atoms with Crippen LogP contribution in [0.2, 0.25) is 0 Å². The summed E-state index contributed by atoms with van der Waals surface area (Å²) in [7, 11) is -1.55. The van der Waals surface area contributed by atoms with Crippen LogP contribution in [0.5, 0.6) is 0 Å². The van der Waals surface area contributed by atoms with Gasteiger partial charge in [-0.05, 0) is 42.8 Å². The summed E-state index contributed by atoms with van der Waals surface area (Å²) in [4.78, 5) is 0.288. The van der Waals surface area contributed by atoms with E-state index in [1.54, 1.807) is 37.6 Å².